The molecule has 0 saturated heterocycles. The highest BCUT2D eigenvalue weighted by Crippen LogP contribution is 2.29. The summed E-state index contributed by atoms with van der Waals surface area (Å²) in [6, 6.07) is 5.10. The Morgan fingerprint density at radius 2 is 1.81 bits per heavy atom. The van der Waals surface area contributed by atoms with E-state index in [2.05, 4.69) is 4.74 Å². The minimum Gasteiger partial charge on any atom is -0.493 e. The van der Waals surface area contributed by atoms with Crippen LogP contribution in [-0.4, -0.2) is 32.1 Å². The molecule has 116 valence electrons. The molecule has 0 radical (unpaired) electrons. The highest BCUT2D eigenvalue weighted by atomic mass is 16.5. The van der Waals surface area contributed by atoms with E-state index in [9.17, 15) is 9.59 Å². The first-order valence-electron chi connectivity index (χ1n) is 6.92. The summed E-state index contributed by atoms with van der Waals surface area (Å²) in [5.74, 6) is 0.801. The van der Waals surface area contributed by atoms with E-state index in [1.807, 2.05) is 13.8 Å². The van der Waals surface area contributed by atoms with Gasteiger partial charge in [0.25, 0.3) is 0 Å². The molecule has 0 unspecified atom stereocenters. The van der Waals surface area contributed by atoms with Gasteiger partial charge in [-0.2, -0.15) is 0 Å². The predicted octanol–water partition coefficient (Wildman–Crippen LogP) is 3.01. The first-order chi connectivity index (χ1) is 9.97. The molecule has 0 aliphatic carbocycles. The summed E-state index contributed by atoms with van der Waals surface area (Å²) in [7, 11) is 2.87. The van der Waals surface area contributed by atoms with Crippen molar-refractivity contribution in [1.82, 2.24) is 0 Å². The number of Topliss-reactive ketones (excluding diaryl/α,β-unsaturated/α-hetero) is 1. The third-order valence-corrected chi connectivity index (χ3v) is 2.86. The molecular weight excluding hydrogens is 272 g/mol. The van der Waals surface area contributed by atoms with Crippen molar-refractivity contribution in [1.29, 1.82) is 0 Å². The molecule has 5 heteroatoms. The van der Waals surface area contributed by atoms with Gasteiger partial charge in [-0.1, -0.05) is 0 Å². The van der Waals surface area contributed by atoms with Gasteiger partial charge in [0.15, 0.2) is 17.3 Å². The van der Waals surface area contributed by atoms with Crippen LogP contribution >= 0.6 is 0 Å². The molecule has 0 aromatic heterocycles. The topological polar surface area (TPSA) is 61.8 Å². The number of carbonyl (C=O) groups excluding carboxylic acids is 2. The number of rotatable bonds is 8. The fourth-order valence-electron chi connectivity index (χ4n) is 1.83. The van der Waals surface area contributed by atoms with Gasteiger partial charge < -0.3 is 14.2 Å². The zero-order chi connectivity index (χ0) is 15.8. The van der Waals surface area contributed by atoms with Crippen molar-refractivity contribution < 1.29 is 23.8 Å². The van der Waals surface area contributed by atoms with Crippen molar-refractivity contribution >= 4 is 11.8 Å². The van der Waals surface area contributed by atoms with E-state index >= 15 is 0 Å². The molecule has 0 spiro atoms. The molecule has 21 heavy (non-hydrogen) atoms. The SMILES string of the molecule is COC(=O)CCCC(=O)c1ccc(OC(C)C)c(OC)c1. The molecule has 0 saturated carbocycles. The van der Waals surface area contributed by atoms with E-state index < -0.39 is 0 Å². The number of benzene rings is 1. The highest BCUT2D eigenvalue weighted by molar-refractivity contribution is 5.96. The second-order valence-corrected chi connectivity index (χ2v) is 4.89. The summed E-state index contributed by atoms with van der Waals surface area (Å²) in [5, 5.41) is 0. The number of ether oxygens (including phenoxy) is 3. The van der Waals surface area contributed by atoms with Crippen LogP contribution in [0.5, 0.6) is 11.5 Å². The predicted molar refractivity (Wildman–Crippen MR) is 79.0 cm³/mol. The van der Waals surface area contributed by atoms with Crippen LogP contribution in [0.15, 0.2) is 18.2 Å². The van der Waals surface area contributed by atoms with Crippen LogP contribution in [0.3, 0.4) is 0 Å². The van der Waals surface area contributed by atoms with E-state index in [1.54, 1.807) is 18.2 Å². The van der Waals surface area contributed by atoms with Crippen LogP contribution in [0.1, 0.15) is 43.5 Å². The van der Waals surface area contributed by atoms with Crippen molar-refractivity contribution in [3.05, 3.63) is 23.8 Å². The molecule has 0 amide bonds. The number of ketones is 1. The smallest absolute Gasteiger partial charge is 0.305 e. The van der Waals surface area contributed by atoms with Gasteiger partial charge >= 0.3 is 5.97 Å². The van der Waals surface area contributed by atoms with Gasteiger partial charge in [-0.3, -0.25) is 9.59 Å². The number of esters is 1. The molecule has 0 heterocycles. The Morgan fingerprint density at radius 1 is 1.10 bits per heavy atom. The summed E-state index contributed by atoms with van der Waals surface area (Å²) in [5.41, 5.74) is 0.549. The van der Waals surface area contributed by atoms with Crippen LogP contribution in [0.25, 0.3) is 0 Å². The Balaban J connectivity index is 2.70. The maximum Gasteiger partial charge on any atom is 0.305 e. The third kappa shape index (κ3) is 5.45. The van der Waals surface area contributed by atoms with E-state index in [0.29, 0.717) is 29.9 Å². The van der Waals surface area contributed by atoms with Crippen LogP contribution in [-0.2, 0) is 9.53 Å². The highest BCUT2D eigenvalue weighted by Gasteiger charge is 2.12. The largest absolute Gasteiger partial charge is 0.493 e. The molecule has 0 N–H and O–H groups in total. The lowest BCUT2D eigenvalue weighted by Crippen LogP contribution is -2.08. The normalized spacial score (nSPS) is 10.3. The zero-order valence-electron chi connectivity index (χ0n) is 13.0. The monoisotopic (exact) mass is 294 g/mol. The van der Waals surface area contributed by atoms with Crippen LogP contribution in [0, 0.1) is 0 Å². The minimum atomic E-state index is -0.305. The lowest BCUT2D eigenvalue weighted by Gasteiger charge is -2.14. The molecule has 0 fully saturated rings. The van der Waals surface area contributed by atoms with Crippen LogP contribution < -0.4 is 9.47 Å². The molecule has 0 atom stereocenters. The third-order valence-electron chi connectivity index (χ3n) is 2.86. The van der Waals surface area contributed by atoms with Gasteiger partial charge in [-0.25, -0.2) is 0 Å². The van der Waals surface area contributed by atoms with Crippen molar-refractivity contribution in [3.8, 4) is 11.5 Å². The summed E-state index contributed by atoms with van der Waals surface area (Å²) in [4.78, 5) is 23.1. The summed E-state index contributed by atoms with van der Waals surface area (Å²) in [6.45, 7) is 3.84. The fraction of sp³-hybridized carbons (Fsp3) is 0.500. The number of hydrogen-bond acceptors (Lipinski definition) is 5. The maximum absolute atomic E-state index is 12.1. The quantitative estimate of drug-likeness (QED) is 0.545. The minimum absolute atomic E-state index is 0.0282. The Kier molecular flexibility index (Phi) is 6.72. The lowest BCUT2D eigenvalue weighted by molar-refractivity contribution is -0.140. The van der Waals surface area contributed by atoms with E-state index in [0.717, 1.165) is 0 Å². The fourth-order valence-corrected chi connectivity index (χ4v) is 1.83. The van der Waals surface area contributed by atoms with Crippen LogP contribution in [0.2, 0.25) is 0 Å². The summed E-state index contributed by atoms with van der Waals surface area (Å²) < 4.78 is 15.4. The first kappa shape index (κ1) is 17.0. The number of hydrogen-bond donors (Lipinski definition) is 0. The van der Waals surface area contributed by atoms with Crippen molar-refractivity contribution in [3.63, 3.8) is 0 Å². The van der Waals surface area contributed by atoms with Crippen molar-refractivity contribution in [2.24, 2.45) is 0 Å². The average molecular weight is 294 g/mol. The molecule has 1 aromatic rings. The van der Waals surface area contributed by atoms with Crippen molar-refractivity contribution in [2.45, 2.75) is 39.2 Å². The maximum atomic E-state index is 12.1. The Bertz CT molecular complexity index is 493. The summed E-state index contributed by atoms with van der Waals surface area (Å²) >= 11 is 0. The Labute approximate surface area is 125 Å². The second kappa shape index (κ2) is 8.29. The van der Waals surface area contributed by atoms with Gasteiger partial charge in [0.1, 0.15) is 0 Å². The summed E-state index contributed by atoms with van der Waals surface area (Å²) in [6.07, 6.45) is 1.04. The van der Waals surface area contributed by atoms with E-state index in [-0.39, 0.29) is 24.3 Å². The molecule has 1 rings (SSSR count). The molecule has 0 aliphatic heterocycles. The van der Waals surface area contributed by atoms with Gasteiger partial charge in [-0.05, 0) is 38.5 Å². The Morgan fingerprint density at radius 3 is 2.38 bits per heavy atom. The lowest BCUT2D eigenvalue weighted by atomic mass is 10.0. The zero-order valence-corrected chi connectivity index (χ0v) is 13.0. The van der Waals surface area contributed by atoms with E-state index in [4.69, 9.17) is 9.47 Å². The molecule has 5 nitrogen and oxygen atoms in total. The van der Waals surface area contributed by atoms with E-state index in [1.165, 1.54) is 14.2 Å². The number of carbonyl (C=O) groups is 2. The van der Waals surface area contributed by atoms with Gasteiger partial charge in [0.2, 0.25) is 0 Å². The number of methoxy groups -OCH3 is 2. The van der Waals surface area contributed by atoms with Crippen molar-refractivity contribution in [2.75, 3.05) is 14.2 Å². The standard InChI is InChI=1S/C16H22O5/c1-11(2)21-14-9-8-12(10-15(14)19-3)13(17)6-5-7-16(18)20-4/h8-11H,5-7H2,1-4H3. The molecule has 1 aromatic carbocycles. The Hall–Kier alpha value is -2.04. The average Bonchev–Trinajstić information content (AvgIpc) is 2.46. The van der Waals surface area contributed by atoms with Gasteiger partial charge in [0.05, 0.1) is 20.3 Å². The van der Waals surface area contributed by atoms with Crippen LogP contribution in [0.4, 0.5) is 0 Å². The molecule has 0 aliphatic rings. The first-order valence-corrected chi connectivity index (χ1v) is 6.92. The van der Waals surface area contributed by atoms with Gasteiger partial charge in [0, 0.05) is 18.4 Å². The molecular formula is C16H22O5. The molecule has 0 bridgehead atoms. The van der Waals surface area contributed by atoms with Gasteiger partial charge in [-0.15, -0.1) is 0 Å². The second-order valence-electron chi connectivity index (χ2n) is 4.89.